The number of hydrogen-bond donors (Lipinski definition) is 1. The van der Waals surface area contributed by atoms with Gasteiger partial charge in [0.1, 0.15) is 11.4 Å². The van der Waals surface area contributed by atoms with Crippen molar-refractivity contribution in [3.8, 4) is 5.75 Å². The Morgan fingerprint density at radius 3 is 2.64 bits per heavy atom. The van der Waals surface area contributed by atoms with Gasteiger partial charge in [0.2, 0.25) is 0 Å². The van der Waals surface area contributed by atoms with E-state index in [1.165, 1.54) is 6.07 Å². The highest BCUT2D eigenvalue weighted by Gasteiger charge is 2.23. The monoisotopic (exact) mass is 306 g/mol. The van der Waals surface area contributed by atoms with Gasteiger partial charge in [0.25, 0.3) is 0 Å². The van der Waals surface area contributed by atoms with Gasteiger partial charge in [-0.25, -0.2) is 8.78 Å². The van der Waals surface area contributed by atoms with Gasteiger partial charge in [-0.05, 0) is 11.6 Å². The predicted octanol–water partition coefficient (Wildman–Crippen LogP) is 2.49. The van der Waals surface area contributed by atoms with Crippen molar-refractivity contribution < 1.29 is 18.6 Å². The number of nitrogens with zero attached hydrogens (tertiary/aromatic N) is 2. The van der Waals surface area contributed by atoms with Crippen molar-refractivity contribution in [1.29, 1.82) is 0 Å². The molecule has 2 heterocycles. The summed E-state index contributed by atoms with van der Waals surface area (Å²) in [5.74, 6) is -1.29. The van der Waals surface area contributed by atoms with Gasteiger partial charge < -0.3 is 14.7 Å². The fourth-order valence-electron chi connectivity index (χ4n) is 2.53. The Morgan fingerprint density at radius 1 is 1.18 bits per heavy atom. The topological polar surface area (TPSA) is 45.6 Å². The molecule has 0 radical (unpaired) electrons. The van der Waals surface area contributed by atoms with Crippen molar-refractivity contribution in [2.75, 3.05) is 31.2 Å². The van der Waals surface area contributed by atoms with Crippen LogP contribution in [0, 0.1) is 11.6 Å². The molecule has 0 amide bonds. The normalized spacial score (nSPS) is 15.1. The summed E-state index contributed by atoms with van der Waals surface area (Å²) < 4.78 is 33.9. The molecule has 0 bridgehead atoms. The molecule has 0 saturated carbocycles. The minimum Gasteiger partial charge on any atom is -0.508 e. The summed E-state index contributed by atoms with van der Waals surface area (Å²) in [7, 11) is 0. The van der Waals surface area contributed by atoms with Gasteiger partial charge >= 0.3 is 0 Å². The van der Waals surface area contributed by atoms with E-state index >= 15 is 0 Å². The third-order valence-corrected chi connectivity index (χ3v) is 3.70. The largest absolute Gasteiger partial charge is 0.508 e. The first-order valence-corrected chi connectivity index (χ1v) is 7.09. The van der Waals surface area contributed by atoms with E-state index in [9.17, 15) is 13.9 Å². The first kappa shape index (κ1) is 14.7. The zero-order chi connectivity index (χ0) is 15.5. The zero-order valence-electron chi connectivity index (χ0n) is 11.9. The van der Waals surface area contributed by atoms with Crippen LogP contribution in [0.25, 0.3) is 0 Å². The molecule has 6 heteroatoms. The standard InChI is InChI=1S/C16H16F2N2O2/c17-12-10-19-13(9-11-3-1-2-4-14(11)21)15(18)16(12)20-5-7-22-8-6-20/h1-4,10,21H,5-9H2. The van der Waals surface area contributed by atoms with E-state index in [4.69, 9.17) is 4.74 Å². The fourth-order valence-corrected chi connectivity index (χ4v) is 2.53. The number of rotatable bonds is 3. The van der Waals surface area contributed by atoms with Crippen molar-refractivity contribution in [3.05, 3.63) is 53.4 Å². The van der Waals surface area contributed by atoms with Crippen LogP contribution in [-0.4, -0.2) is 36.4 Å². The lowest BCUT2D eigenvalue weighted by Gasteiger charge is -2.29. The summed E-state index contributed by atoms with van der Waals surface area (Å²) >= 11 is 0. The number of para-hydroxylation sites is 1. The number of anilines is 1. The lowest BCUT2D eigenvalue weighted by atomic mass is 10.1. The minimum absolute atomic E-state index is 0.0660. The Morgan fingerprint density at radius 2 is 1.91 bits per heavy atom. The number of phenols is 1. The molecule has 1 N–H and O–H groups in total. The van der Waals surface area contributed by atoms with Crippen molar-refractivity contribution in [1.82, 2.24) is 4.98 Å². The number of aromatic hydroxyl groups is 1. The van der Waals surface area contributed by atoms with Crippen LogP contribution < -0.4 is 4.90 Å². The number of pyridine rings is 1. The van der Waals surface area contributed by atoms with Gasteiger partial charge in [0.05, 0.1) is 25.1 Å². The molecule has 1 aliphatic rings. The SMILES string of the molecule is Oc1ccccc1Cc1ncc(F)c(N2CCOCC2)c1F. The lowest BCUT2D eigenvalue weighted by molar-refractivity contribution is 0.122. The molecule has 2 aromatic rings. The van der Waals surface area contributed by atoms with E-state index in [2.05, 4.69) is 4.98 Å². The van der Waals surface area contributed by atoms with Gasteiger partial charge in [-0.15, -0.1) is 0 Å². The smallest absolute Gasteiger partial charge is 0.171 e. The third-order valence-electron chi connectivity index (χ3n) is 3.70. The van der Waals surface area contributed by atoms with Crippen molar-refractivity contribution in [2.24, 2.45) is 0 Å². The van der Waals surface area contributed by atoms with E-state index in [0.29, 0.717) is 31.9 Å². The molecule has 1 saturated heterocycles. The molecule has 116 valence electrons. The maximum Gasteiger partial charge on any atom is 0.171 e. The Labute approximate surface area is 127 Å². The van der Waals surface area contributed by atoms with Crippen LogP contribution in [-0.2, 0) is 11.2 Å². The molecular weight excluding hydrogens is 290 g/mol. The van der Waals surface area contributed by atoms with E-state index < -0.39 is 11.6 Å². The maximum absolute atomic E-state index is 14.7. The minimum atomic E-state index is -0.680. The zero-order valence-corrected chi connectivity index (χ0v) is 11.9. The summed E-state index contributed by atoms with van der Waals surface area (Å²) in [6.45, 7) is 1.76. The van der Waals surface area contributed by atoms with Gasteiger partial charge in [-0.3, -0.25) is 4.98 Å². The molecule has 4 nitrogen and oxygen atoms in total. The van der Waals surface area contributed by atoms with Gasteiger partial charge in [0.15, 0.2) is 11.6 Å². The molecule has 1 aromatic heterocycles. The highest BCUT2D eigenvalue weighted by molar-refractivity contribution is 5.51. The molecule has 0 unspecified atom stereocenters. The molecular formula is C16H16F2N2O2. The first-order valence-electron chi connectivity index (χ1n) is 7.09. The number of benzene rings is 1. The fraction of sp³-hybridized carbons (Fsp3) is 0.312. The Bertz CT molecular complexity index is 673. The molecule has 1 fully saturated rings. The molecule has 22 heavy (non-hydrogen) atoms. The summed E-state index contributed by atoms with van der Waals surface area (Å²) in [4.78, 5) is 5.48. The van der Waals surface area contributed by atoms with Crippen molar-refractivity contribution in [2.45, 2.75) is 6.42 Å². The van der Waals surface area contributed by atoms with Crippen molar-refractivity contribution in [3.63, 3.8) is 0 Å². The Hall–Kier alpha value is -2.21. The summed E-state index contributed by atoms with van der Waals surface area (Å²) in [6.07, 6.45) is 1.14. The van der Waals surface area contributed by atoms with E-state index in [1.807, 2.05) is 0 Å². The van der Waals surface area contributed by atoms with Gasteiger partial charge in [-0.1, -0.05) is 18.2 Å². The molecule has 1 aliphatic heterocycles. The second-order valence-electron chi connectivity index (χ2n) is 5.12. The lowest BCUT2D eigenvalue weighted by Crippen LogP contribution is -2.37. The van der Waals surface area contributed by atoms with Crippen LogP contribution in [0.15, 0.2) is 30.5 Å². The van der Waals surface area contributed by atoms with Crippen LogP contribution in [0.4, 0.5) is 14.5 Å². The number of aromatic nitrogens is 1. The second-order valence-corrected chi connectivity index (χ2v) is 5.12. The average molecular weight is 306 g/mol. The number of halogens is 2. The molecule has 3 rings (SSSR count). The van der Waals surface area contributed by atoms with Gasteiger partial charge in [-0.2, -0.15) is 0 Å². The molecule has 0 spiro atoms. The highest BCUT2D eigenvalue weighted by atomic mass is 19.1. The van der Waals surface area contributed by atoms with Crippen LogP contribution in [0.5, 0.6) is 5.75 Å². The first-order chi connectivity index (χ1) is 10.7. The quantitative estimate of drug-likeness (QED) is 0.946. The summed E-state index contributed by atoms with van der Waals surface area (Å²) in [6, 6.07) is 6.65. The number of hydrogen-bond acceptors (Lipinski definition) is 4. The number of morpholine rings is 1. The number of ether oxygens (including phenoxy) is 1. The molecule has 0 atom stereocenters. The van der Waals surface area contributed by atoms with E-state index in [1.54, 1.807) is 23.1 Å². The molecule has 1 aromatic carbocycles. The van der Waals surface area contributed by atoms with Crippen LogP contribution in [0.2, 0.25) is 0 Å². The number of phenolic OH excluding ortho intramolecular Hbond substituents is 1. The highest BCUT2D eigenvalue weighted by Crippen LogP contribution is 2.28. The average Bonchev–Trinajstić information content (AvgIpc) is 2.53. The van der Waals surface area contributed by atoms with Crippen LogP contribution >= 0.6 is 0 Å². The summed E-state index contributed by atoms with van der Waals surface area (Å²) in [5, 5.41) is 9.78. The Kier molecular flexibility index (Phi) is 4.20. The van der Waals surface area contributed by atoms with Crippen LogP contribution in [0.3, 0.4) is 0 Å². The second kappa shape index (κ2) is 6.27. The van der Waals surface area contributed by atoms with E-state index in [0.717, 1.165) is 6.20 Å². The Balaban J connectivity index is 1.94. The predicted molar refractivity (Wildman–Crippen MR) is 78.1 cm³/mol. The third kappa shape index (κ3) is 2.87. The van der Waals surface area contributed by atoms with E-state index in [-0.39, 0.29) is 23.6 Å². The van der Waals surface area contributed by atoms with Crippen molar-refractivity contribution >= 4 is 5.69 Å². The summed E-state index contributed by atoms with van der Waals surface area (Å²) in [5.41, 5.74) is 0.599. The maximum atomic E-state index is 14.7. The van der Waals surface area contributed by atoms with Crippen LogP contribution in [0.1, 0.15) is 11.3 Å². The van der Waals surface area contributed by atoms with Gasteiger partial charge in [0, 0.05) is 19.5 Å². The molecule has 0 aliphatic carbocycles.